The molecule has 0 radical (unpaired) electrons. The summed E-state index contributed by atoms with van der Waals surface area (Å²) < 4.78 is 0. The first-order valence-electron chi connectivity index (χ1n) is 9.68. The third-order valence-corrected chi connectivity index (χ3v) is 5.54. The zero-order valence-corrected chi connectivity index (χ0v) is 15.3. The number of aliphatic hydroxyl groups excluding tert-OH is 1. The molecule has 1 aliphatic carbocycles. The lowest BCUT2D eigenvalue weighted by atomic mass is 9.86. The minimum Gasteiger partial charge on any atom is -0.393 e. The number of hydrogen-bond acceptors (Lipinski definition) is 3. The quantitative estimate of drug-likeness (QED) is 0.875. The Morgan fingerprint density at radius 2 is 1.96 bits per heavy atom. The topological polar surface area (TPSA) is 55.8 Å². The van der Waals surface area contributed by atoms with E-state index in [4.69, 9.17) is 0 Å². The molecule has 1 aromatic rings. The Morgan fingerprint density at radius 3 is 2.72 bits per heavy atom. The Bertz CT molecular complexity index is 572. The van der Waals surface area contributed by atoms with Crippen LogP contribution in [0.1, 0.15) is 44.9 Å². The molecule has 1 aliphatic heterocycles. The first-order chi connectivity index (χ1) is 12.1. The van der Waals surface area contributed by atoms with Crippen LogP contribution in [0.25, 0.3) is 0 Å². The third kappa shape index (κ3) is 4.88. The zero-order valence-electron chi connectivity index (χ0n) is 15.3. The lowest BCUT2D eigenvalue weighted by molar-refractivity contribution is 0.0575. The molecule has 2 atom stereocenters. The molecule has 1 aromatic carbocycles. The Balaban J connectivity index is 1.56. The number of carbonyl (C=O) groups excluding carboxylic acids is 1. The number of carbonyl (C=O) groups is 1. The van der Waals surface area contributed by atoms with Gasteiger partial charge in [0.05, 0.1) is 6.10 Å². The lowest BCUT2D eigenvalue weighted by Gasteiger charge is -2.31. The number of aliphatic hydroxyl groups is 1. The molecule has 25 heavy (non-hydrogen) atoms. The second-order valence-electron chi connectivity index (χ2n) is 7.52. The van der Waals surface area contributed by atoms with E-state index in [-0.39, 0.29) is 18.1 Å². The molecule has 5 heteroatoms. The van der Waals surface area contributed by atoms with E-state index in [1.54, 1.807) is 4.90 Å². The highest BCUT2D eigenvalue weighted by molar-refractivity contribution is 5.89. The molecule has 1 heterocycles. The van der Waals surface area contributed by atoms with Gasteiger partial charge in [-0.3, -0.25) is 0 Å². The molecule has 1 saturated heterocycles. The van der Waals surface area contributed by atoms with Crippen molar-refractivity contribution in [3.8, 4) is 0 Å². The number of hydrogen-bond donors (Lipinski definition) is 2. The van der Waals surface area contributed by atoms with Gasteiger partial charge in [0.15, 0.2) is 0 Å². The predicted molar refractivity (Wildman–Crippen MR) is 102 cm³/mol. The molecule has 5 nitrogen and oxygen atoms in total. The maximum atomic E-state index is 12.5. The van der Waals surface area contributed by atoms with Crippen molar-refractivity contribution in [3.05, 3.63) is 24.3 Å². The van der Waals surface area contributed by atoms with Gasteiger partial charge in [-0.1, -0.05) is 18.9 Å². The predicted octanol–water partition coefficient (Wildman–Crippen LogP) is 3.69. The lowest BCUT2D eigenvalue weighted by Crippen LogP contribution is -2.40. The van der Waals surface area contributed by atoms with E-state index in [9.17, 15) is 9.90 Å². The number of piperidine rings is 1. The summed E-state index contributed by atoms with van der Waals surface area (Å²) in [4.78, 5) is 16.6. The number of nitrogens with zero attached hydrogens (tertiary/aromatic N) is 2. The van der Waals surface area contributed by atoms with Crippen molar-refractivity contribution < 1.29 is 9.90 Å². The van der Waals surface area contributed by atoms with E-state index in [2.05, 4.69) is 22.3 Å². The maximum Gasteiger partial charge on any atom is 0.321 e. The molecule has 138 valence electrons. The van der Waals surface area contributed by atoms with Crippen LogP contribution < -0.4 is 10.2 Å². The van der Waals surface area contributed by atoms with Crippen molar-refractivity contribution in [1.82, 2.24) is 4.90 Å². The number of nitrogens with one attached hydrogen (secondary N) is 1. The standard InChI is InChI=1S/C20H31N3O2/c1-22(15-16-8-3-4-11-19(16)24)20(25)21-17-9-7-10-18(14-17)23-12-5-2-6-13-23/h7,9-10,14,16,19,24H,2-6,8,11-13,15H2,1H3,(H,21,25). The van der Waals surface area contributed by atoms with Gasteiger partial charge < -0.3 is 20.2 Å². The number of urea groups is 1. The van der Waals surface area contributed by atoms with E-state index >= 15 is 0 Å². The largest absolute Gasteiger partial charge is 0.393 e. The third-order valence-electron chi connectivity index (χ3n) is 5.54. The van der Waals surface area contributed by atoms with Crippen LogP contribution in [0.3, 0.4) is 0 Å². The first kappa shape index (κ1) is 18.1. The van der Waals surface area contributed by atoms with Gasteiger partial charge in [-0.25, -0.2) is 4.79 Å². The van der Waals surface area contributed by atoms with Crippen molar-refractivity contribution in [2.24, 2.45) is 5.92 Å². The zero-order chi connectivity index (χ0) is 17.6. The summed E-state index contributed by atoms with van der Waals surface area (Å²) in [6, 6.07) is 8.02. The van der Waals surface area contributed by atoms with Crippen LogP contribution in [0.5, 0.6) is 0 Å². The first-order valence-corrected chi connectivity index (χ1v) is 9.68. The minimum atomic E-state index is -0.272. The molecular weight excluding hydrogens is 314 g/mol. The molecule has 1 saturated carbocycles. The summed E-state index contributed by atoms with van der Waals surface area (Å²) in [5.41, 5.74) is 2.02. The molecule has 0 spiro atoms. The molecule has 2 N–H and O–H groups in total. The normalized spacial score (nSPS) is 24.0. The smallest absolute Gasteiger partial charge is 0.321 e. The molecule has 0 bridgehead atoms. The molecule has 2 fully saturated rings. The summed E-state index contributed by atoms with van der Waals surface area (Å²) in [7, 11) is 1.81. The van der Waals surface area contributed by atoms with E-state index in [0.29, 0.717) is 6.54 Å². The Hall–Kier alpha value is -1.75. The highest BCUT2D eigenvalue weighted by Gasteiger charge is 2.25. The van der Waals surface area contributed by atoms with E-state index in [1.807, 2.05) is 19.2 Å². The second kappa shape index (κ2) is 8.56. The van der Waals surface area contributed by atoms with E-state index < -0.39 is 0 Å². The Kier molecular flexibility index (Phi) is 6.19. The molecule has 0 aromatic heterocycles. The van der Waals surface area contributed by atoms with E-state index in [1.165, 1.54) is 24.9 Å². The van der Waals surface area contributed by atoms with Gasteiger partial charge in [-0.2, -0.15) is 0 Å². The van der Waals surface area contributed by atoms with Crippen LogP contribution in [0.15, 0.2) is 24.3 Å². The summed E-state index contributed by atoms with van der Waals surface area (Å²) >= 11 is 0. The summed E-state index contributed by atoms with van der Waals surface area (Å²) in [6.07, 6.45) is 7.62. The van der Waals surface area contributed by atoms with Crippen LogP contribution in [0.4, 0.5) is 16.2 Å². The minimum absolute atomic E-state index is 0.103. The number of amides is 2. The fourth-order valence-electron chi connectivity index (χ4n) is 3.99. The van der Waals surface area contributed by atoms with Crippen molar-refractivity contribution in [2.45, 2.75) is 51.0 Å². The van der Waals surface area contributed by atoms with Gasteiger partial charge in [-0.05, 0) is 50.3 Å². The summed E-state index contributed by atoms with van der Waals surface area (Å²) in [5.74, 6) is 0.198. The maximum absolute atomic E-state index is 12.5. The molecule has 2 aliphatic rings. The summed E-state index contributed by atoms with van der Waals surface area (Å²) in [5, 5.41) is 13.1. The monoisotopic (exact) mass is 345 g/mol. The fraction of sp³-hybridized carbons (Fsp3) is 0.650. The number of benzene rings is 1. The van der Waals surface area contributed by atoms with Crippen LogP contribution in [0, 0.1) is 5.92 Å². The van der Waals surface area contributed by atoms with Crippen LogP contribution in [-0.2, 0) is 0 Å². The van der Waals surface area contributed by atoms with Gasteiger partial charge in [0.25, 0.3) is 0 Å². The Morgan fingerprint density at radius 1 is 1.20 bits per heavy atom. The van der Waals surface area contributed by atoms with Gasteiger partial charge in [-0.15, -0.1) is 0 Å². The van der Waals surface area contributed by atoms with Crippen LogP contribution in [0.2, 0.25) is 0 Å². The molecule has 2 amide bonds. The van der Waals surface area contributed by atoms with E-state index in [0.717, 1.165) is 44.5 Å². The van der Waals surface area contributed by atoms with Crippen molar-refractivity contribution in [3.63, 3.8) is 0 Å². The average molecular weight is 345 g/mol. The summed E-state index contributed by atoms with van der Waals surface area (Å²) in [6.45, 7) is 2.80. The van der Waals surface area contributed by atoms with Gasteiger partial charge in [0, 0.05) is 44.0 Å². The average Bonchev–Trinajstić information content (AvgIpc) is 2.64. The van der Waals surface area contributed by atoms with Gasteiger partial charge in [0.1, 0.15) is 0 Å². The van der Waals surface area contributed by atoms with Crippen molar-refractivity contribution >= 4 is 17.4 Å². The Labute approximate surface area is 151 Å². The molecule has 2 unspecified atom stereocenters. The van der Waals surface area contributed by atoms with Crippen LogP contribution >= 0.6 is 0 Å². The highest BCUT2D eigenvalue weighted by atomic mass is 16.3. The highest BCUT2D eigenvalue weighted by Crippen LogP contribution is 2.26. The van der Waals surface area contributed by atoms with Crippen LogP contribution in [-0.4, -0.2) is 48.8 Å². The fourth-order valence-corrected chi connectivity index (χ4v) is 3.99. The van der Waals surface area contributed by atoms with Crippen molar-refractivity contribution in [2.75, 3.05) is 36.9 Å². The molecule has 3 rings (SSSR count). The van der Waals surface area contributed by atoms with Crippen molar-refractivity contribution in [1.29, 1.82) is 0 Å². The molecular formula is C20H31N3O2. The van der Waals surface area contributed by atoms with Gasteiger partial charge in [0.2, 0.25) is 0 Å². The SMILES string of the molecule is CN(CC1CCCCC1O)C(=O)Nc1cccc(N2CCCCC2)c1. The number of rotatable bonds is 4. The second-order valence-corrected chi connectivity index (χ2v) is 7.52. The number of anilines is 2. The van der Waals surface area contributed by atoms with Gasteiger partial charge >= 0.3 is 6.03 Å².